The molecule has 0 spiro atoms. The van der Waals surface area contributed by atoms with Crippen molar-refractivity contribution < 1.29 is 45.4 Å². The van der Waals surface area contributed by atoms with Crippen LogP contribution in [0.4, 0.5) is 4.79 Å². The van der Waals surface area contributed by atoms with Gasteiger partial charge in [-0.15, -0.1) is 0 Å². The Balaban J connectivity index is -0.000000196. The van der Waals surface area contributed by atoms with Gasteiger partial charge in [-0.05, 0) is 6.16 Å². The van der Waals surface area contributed by atoms with Crippen LogP contribution in [0, 0.1) is 0 Å². The SMILES string of the molecule is COC(C[NH3+])OC.COC(C[NH3+])OC.O=C([O-])[O-]. The number of ether oxygens (including phenoxy) is 4. The Kier molecular flexibility index (Phi) is 22.7. The van der Waals surface area contributed by atoms with Crippen LogP contribution in [0.1, 0.15) is 0 Å². The molecule has 0 aliphatic carbocycles. The predicted molar refractivity (Wildman–Crippen MR) is 56.5 cm³/mol. The van der Waals surface area contributed by atoms with Crippen molar-refractivity contribution in [2.45, 2.75) is 12.6 Å². The zero-order chi connectivity index (χ0) is 15.0. The van der Waals surface area contributed by atoms with Gasteiger partial charge in [0.2, 0.25) is 12.6 Å². The average Bonchev–Trinajstić information content (AvgIpc) is 2.34. The normalized spacial score (nSPS) is 9.33. The van der Waals surface area contributed by atoms with Crippen LogP contribution < -0.4 is 21.7 Å². The van der Waals surface area contributed by atoms with Gasteiger partial charge in [-0.3, -0.25) is 0 Å². The monoisotopic (exact) mass is 272 g/mol. The van der Waals surface area contributed by atoms with E-state index in [1.807, 2.05) is 0 Å². The lowest BCUT2D eigenvalue weighted by molar-refractivity contribution is -0.415. The van der Waals surface area contributed by atoms with Gasteiger partial charge >= 0.3 is 0 Å². The number of hydrogen-bond acceptors (Lipinski definition) is 7. The molecule has 18 heavy (non-hydrogen) atoms. The number of carbonyl (C=O) groups is 1. The molecule has 0 unspecified atom stereocenters. The van der Waals surface area contributed by atoms with Gasteiger partial charge in [0.05, 0.1) is 0 Å². The largest absolute Gasteiger partial charge is 0.652 e. The second kappa shape index (κ2) is 18.4. The predicted octanol–water partition coefficient (Wildman–Crippen LogP) is -4.75. The smallest absolute Gasteiger partial charge is 0.206 e. The molecule has 0 amide bonds. The zero-order valence-electron chi connectivity index (χ0n) is 11.3. The highest BCUT2D eigenvalue weighted by Gasteiger charge is 2.00. The van der Waals surface area contributed by atoms with E-state index in [2.05, 4.69) is 11.5 Å². The van der Waals surface area contributed by atoms with Crippen molar-refractivity contribution in [1.29, 1.82) is 0 Å². The first-order valence-electron chi connectivity index (χ1n) is 5.00. The van der Waals surface area contributed by atoms with Gasteiger partial charge in [0.25, 0.3) is 0 Å². The zero-order valence-corrected chi connectivity index (χ0v) is 11.3. The van der Waals surface area contributed by atoms with E-state index in [-0.39, 0.29) is 12.6 Å². The van der Waals surface area contributed by atoms with E-state index in [4.69, 9.17) is 34.0 Å². The van der Waals surface area contributed by atoms with E-state index in [9.17, 15) is 0 Å². The van der Waals surface area contributed by atoms with Crippen LogP contribution in [0.5, 0.6) is 0 Å². The molecule has 0 bridgehead atoms. The van der Waals surface area contributed by atoms with Crippen LogP contribution in [0.2, 0.25) is 0 Å². The number of quaternary nitrogens is 2. The lowest BCUT2D eigenvalue weighted by Gasteiger charge is -2.05. The minimum absolute atomic E-state index is 0.125. The first kappa shape index (κ1) is 22.2. The minimum atomic E-state index is -2.33. The maximum atomic E-state index is 8.33. The summed E-state index contributed by atoms with van der Waals surface area (Å²) in [6, 6.07) is 0. The van der Waals surface area contributed by atoms with Gasteiger partial charge in [0.1, 0.15) is 13.1 Å². The highest BCUT2D eigenvalue weighted by Crippen LogP contribution is 1.82. The Morgan fingerprint density at radius 1 is 0.889 bits per heavy atom. The summed E-state index contributed by atoms with van der Waals surface area (Å²) < 4.78 is 19.1. The molecule has 0 fully saturated rings. The number of carbonyl (C=O) groups excluding carboxylic acids is 1. The first-order chi connectivity index (χ1) is 8.42. The van der Waals surface area contributed by atoms with Crippen molar-refractivity contribution in [2.75, 3.05) is 41.5 Å². The summed E-state index contributed by atoms with van der Waals surface area (Å²) in [4.78, 5) is 8.33. The van der Waals surface area contributed by atoms with Crippen LogP contribution in [0.3, 0.4) is 0 Å². The van der Waals surface area contributed by atoms with E-state index < -0.39 is 6.16 Å². The molecule has 0 heterocycles. The number of hydrogen-bond donors (Lipinski definition) is 2. The summed E-state index contributed by atoms with van der Waals surface area (Å²) >= 11 is 0. The highest BCUT2D eigenvalue weighted by atomic mass is 16.7. The molecule has 6 N–H and O–H groups in total. The van der Waals surface area contributed by atoms with Crippen LogP contribution in [0.25, 0.3) is 0 Å². The molecule has 112 valence electrons. The lowest BCUT2D eigenvalue weighted by Crippen LogP contribution is -2.56. The van der Waals surface area contributed by atoms with Crippen molar-refractivity contribution in [3.05, 3.63) is 0 Å². The Morgan fingerprint density at radius 3 is 1.06 bits per heavy atom. The van der Waals surface area contributed by atoms with Crippen molar-refractivity contribution >= 4 is 6.16 Å². The standard InChI is InChI=1S/2C4H11NO2.CH2O3/c2*1-6-4(3-5)7-2;2-1(3)4/h2*4H,3,5H2,1-2H3;(H2,2,3,4). The second-order valence-electron chi connectivity index (χ2n) is 2.63. The van der Waals surface area contributed by atoms with Gasteiger partial charge < -0.3 is 45.4 Å². The molecule has 0 aromatic carbocycles. The molecule has 9 nitrogen and oxygen atoms in total. The van der Waals surface area contributed by atoms with Crippen LogP contribution in [-0.2, 0) is 18.9 Å². The van der Waals surface area contributed by atoms with E-state index in [0.717, 1.165) is 0 Å². The third-order valence-electron chi connectivity index (χ3n) is 1.52. The third-order valence-corrected chi connectivity index (χ3v) is 1.52. The highest BCUT2D eigenvalue weighted by molar-refractivity contribution is 5.47. The van der Waals surface area contributed by atoms with Gasteiger partial charge in [-0.25, -0.2) is 0 Å². The number of methoxy groups -OCH3 is 4. The van der Waals surface area contributed by atoms with E-state index in [0.29, 0.717) is 13.1 Å². The van der Waals surface area contributed by atoms with Crippen LogP contribution in [-0.4, -0.2) is 60.3 Å². The number of carboxylic acid groups (broad SMARTS) is 2. The second-order valence-corrected chi connectivity index (χ2v) is 2.63. The van der Waals surface area contributed by atoms with Gasteiger partial charge in [0.15, 0.2) is 0 Å². The minimum Gasteiger partial charge on any atom is -0.652 e. The summed E-state index contributed by atoms with van der Waals surface area (Å²) in [5.74, 6) is 0. The fraction of sp³-hybridized carbons (Fsp3) is 0.889. The average molecular weight is 272 g/mol. The summed E-state index contributed by atoms with van der Waals surface area (Å²) in [7, 11) is 6.39. The summed E-state index contributed by atoms with van der Waals surface area (Å²) in [6.07, 6.45) is -2.58. The Labute approximate surface area is 107 Å². The van der Waals surface area contributed by atoms with Crippen molar-refractivity contribution in [3.63, 3.8) is 0 Å². The fourth-order valence-electron chi connectivity index (χ4n) is 0.664. The lowest BCUT2D eigenvalue weighted by atomic mass is 10.6. The van der Waals surface area contributed by atoms with E-state index in [1.54, 1.807) is 28.4 Å². The maximum Gasteiger partial charge on any atom is 0.206 e. The molecule has 0 aliphatic heterocycles. The van der Waals surface area contributed by atoms with E-state index >= 15 is 0 Å². The quantitative estimate of drug-likeness (QED) is 0.460. The molecule has 9 heteroatoms. The Hall–Kier alpha value is -0.970. The molecule has 0 saturated heterocycles. The van der Waals surface area contributed by atoms with Crippen LogP contribution in [0.15, 0.2) is 0 Å². The van der Waals surface area contributed by atoms with Crippen molar-refractivity contribution in [1.82, 2.24) is 0 Å². The molecular weight excluding hydrogens is 248 g/mol. The van der Waals surface area contributed by atoms with Gasteiger partial charge in [0, 0.05) is 28.4 Å². The summed E-state index contributed by atoms with van der Waals surface area (Å²) in [5, 5.41) is 16.7. The third kappa shape index (κ3) is 24.3. The molecular formula is C9H24N2O7. The molecule has 0 radical (unpaired) electrons. The molecule has 0 rings (SSSR count). The molecule has 0 aliphatic rings. The van der Waals surface area contributed by atoms with Crippen LogP contribution >= 0.6 is 0 Å². The van der Waals surface area contributed by atoms with Crippen molar-refractivity contribution in [2.24, 2.45) is 0 Å². The summed E-state index contributed by atoms with van der Waals surface area (Å²) in [5.41, 5.74) is 7.16. The molecule has 0 saturated carbocycles. The number of rotatable bonds is 6. The van der Waals surface area contributed by atoms with Crippen molar-refractivity contribution in [3.8, 4) is 0 Å². The Morgan fingerprint density at radius 2 is 1.06 bits per heavy atom. The molecule has 0 aromatic heterocycles. The Bertz CT molecular complexity index is 136. The molecule has 0 atom stereocenters. The maximum absolute atomic E-state index is 8.33. The molecule has 0 aromatic rings. The topological polar surface area (TPSA) is 155 Å². The van der Waals surface area contributed by atoms with Gasteiger partial charge in [-0.1, -0.05) is 0 Å². The summed E-state index contributed by atoms with van der Waals surface area (Å²) in [6.45, 7) is 1.32. The van der Waals surface area contributed by atoms with Gasteiger partial charge in [-0.2, -0.15) is 0 Å². The van der Waals surface area contributed by atoms with E-state index in [1.165, 1.54) is 0 Å². The fourth-order valence-corrected chi connectivity index (χ4v) is 0.664. The first-order valence-corrected chi connectivity index (χ1v) is 5.00.